The molecule has 4 nitrogen and oxygen atoms in total. The van der Waals surface area contributed by atoms with Gasteiger partial charge in [0, 0.05) is 33.3 Å². The van der Waals surface area contributed by atoms with E-state index in [1.807, 2.05) is 38.1 Å². The van der Waals surface area contributed by atoms with Gasteiger partial charge in [0.1, 0.15) is 42.6 Å². The minimum Gasteiger partial charge on any atom is -0.486 e. The van der Waals surface area contributed by atoms with E-state index in [-0.39, 0.29) is 0 Å². The van der Waals surface area contributed by atoms with E-state index in [9.17, 15) is 17.6 Å². The van der Waals surface area contributed by atoms with Crippen molar-refractivity contribution in [2.45, 2.75) is 13.8 Å². The normalized spacial score (nSPS) is 11.5. The molecule has 6 aromatic rings. The zero-order valence-corrected chi connectivity index (χ0v) is 43.2. The SMILES string of the molecule is CCOCCOc1ccccc1[I+]c1ccccc1OCCOCC.Fc1c(F)c(Cl)c(Cl)c([B-](c2c(F)c(F)c(F)c(Cl)c2Cl)(c2c(F)c(F)c(F)c(Cl)c2Cl)c2c(F)c(F)c(F)c(Cl)c2Cl)c1F. The average Bonchev–Trinajstić information content (AvgIpc) is 3.35. The van der Waals surface area contributed by atoms with Crippen LogP contribution >= 0.6 is 92.8 Å². The average molecular weight is 1270 g/mol. The number of ether oxygens (including phenoxy) is 4. The Hall–Kier alpha value is -2.89. The van der Waals surface area contributed by atoms with E-state index in [1.54, 1.807) is 0 Å². The first-order valence-corrected chi connectivity index (χ1v) is 24.7. The molecule has 0 spiro atoms. The standard InChI is InChI=1S/C24BCl8F12.C20H26IO4/c26-5-1(13(34)21(42)17(38)9(5)30)25(2-6(27)10(31)18(39)22(43)14(2)35,3-7(28)11(32)19(40)23(44)15(3)36)4-8(29)12(33)20(41)24(45)16(4)37;1-3-22-13-15-24-19-11-7-5-9-17(19)21-18-10-6-8-12-20(18)25-16-14-23-4-2/h;5-12H,3-4,13-16H2,1-2H3/q-1;+1. The van der Waals surface area contributed by atoms with Crippen molar-refractivity contribution in [3.05, 3.63) is 166 Å². The monoisotopic (exact) mass is 1260 g/mol. The van der Waals surface area contributed by atoms with Crippen LogP contribution in [0, 0.1) is 76.9 Å². The summed E-state index contributed by atoms with van der Waals surface area (Å²) >= 11 is 46.2. The molecule has 0 heterocycles. The summed E-state index contributed by atoms with van der Waals surface area (Å²) in [6.45, 7) is 7.77. The first kappa shape index (κ1) is 58.0. The van der Waals surface area contributed by atoms with Gasteiger partial charge in [-0.15, -0.1) is 21.9 Å². The topological polar surface area (TPSA) is 36.9 Å². The first-order chi connectivity index (χ1) is 33.0. The highest BCUT2D eigenvalue weighted by molar-refractivity contribution is 7.22. The number of hydrogen-bond donors (Lipinski definition) is 0. The molecule has 0 unspecified atom stereocenters. The minimum atomic E-state index is -5.62. The second-order valence-electron chi connectivity index (χ2n) is 13.8. The molecule has 376 valence electrons. The van der Waals surface area contributed by atoms with Crippen LogP contribution in [-0.2, 0) is 9.47 Å². The number of hydrogen-bond acceptors (Lipinski definition) is 4. The Balaban J connectivity index is 0.000000308. The molecule has 0 amide bonds. The fourth-order valence-corrected chi connectivity index (χ4v) is 11.6. The lowest BCUT2D eigenvalue weighted by molar-refractivity contribution is -0.599. The molecule has 0 aliphatic heterocycles. The summed E-state index contributed by atoms with van der Waals surface area (Å²) in [5.74, 6) is -29.4. The molecule has 0 N–H and O–H groups in total. The summed E-state index contributed by atoms with van der Waals surface area (Å²) in [4.78, 5) is 0. The van der Waals surface area contributed by atoms with E-state index in [2.05, 4.69) is 24.3 Å². The first-order valence-electron chi connectivity index (χ1n) is 19.5. The van der Waals surface area contributed by atoms with Gasteiger partial charge in [-0.3, -0.25) is 0 Å². The highest BCUT2D eigenvalue weighted by atomic mass is 127. The molecule has 0 saturated heterocycles. The molecule has 0 atom stereocenters. The van der Waals surface area contributed by atoms with Crippen molar-refractivity contribution in [1.82, 2.24) is 0 Å². The Kier molecular flexibility index (Phi) is 20.6. The summed E-state index contributed by atoms with van der Waals surface area (Å²) < 4.78 is 207. The van der Waals surface area contributed by atoms with Crippen LogP contribution in [0.5, 0.6) is 11.5 Å². The van der Waals surface area contributed by atoms with Crippen LogP contribution in [0.15, 0.2) is 48.5 Å². The number of halogens is 21. The van der Waals surface area contributed by atoms with Crippen molar-refractivity contribution in [2.24, 2.45) is 0 Å². The van der Waals surface area contributed by atoms with Crippen molar-refractivity contribution in [2.75, 3.05) is 39.6 Å². The van der Waals surface area contributed by atoms with E-state index in [1.165, 1.54) is 7.14 Å². The molecule has 0 saturated carbocycles. The Morgan fingerprint density at radius 1 is 0.357 bits per heavy atom. The molecular formula is C44H26BCl8F12IO4. The molecule has 70 heavy (non-hydrogen) atoms. The summed E-state index contributed by atoms with van der Waals surface area (Å²) in [5, 5.41) is -13.9. The lowest BCUT2D eigenvalue weighted by Gasteiger charge is -2.46. The molecule has 0 bridgehead atoms. The van der Waals surface area contributed by atoms with Crippen LogP contribution in [0.25, 0.3) is 0 Å². The Morgan fingerprint density at radius 3 is 0.871 bits per heavy atom. The van der Waals surface area contributed by atoms with Crippen molar-refractivity contribution < 1.29 is 92.8 Å². The predicted molar refractivity (Wildman–Crippen MR) is 244 cm³/mol. The van der Waals surface area contributed by atoms with Gasteiger partial charge < -0.3 is 18.9 Å². The largest absolute Gasteiger partial charge is 0.486 e. The molecule has 0 aromatic heterocycles. The van der Waals surface area contributed by atoms with Gasteiger partial charge >= 0.3 is 21.2 Å². The summed E-state index contributed by atoms with van der Waals surface area (Å²) in [7, 11) is 0. The smallest absolute Gasteiger partial charge is 0.366 e. The van der Waals surface area contributed by atoms with Crippen LogP contribution in [0.1, 0.15) is 13.8 Å². The van der Waals surface area contributed by atoms with Crippen LogP contribution < -0.4 is 52.5 Å². The van der Waals surface area contributed by atoms with Gasteiger partial charge in [-0.05, 0) is 38.1 Å². The lowest BCUT2D eigenvalue weighted by atomic mass is 9.12. The number of para-hydroxylation sites is 2. The van der Waals surface area contributed by atoms with Gasteiger partial charge in [-0.2, -0.15) is 0 Å². The molecule has 6 aromatic carbocycles. The van der Waals surface area contributed by atoms with E-state index in [0.29, 0.717) is 39.6 Å². The summed E-state index contributed by atoms with van der Waals surface area (Å²) in [6.07, 6.45) is -5.62. The van der Waals surface area contributed by atoms with Crippen molar-refractivity contribution in [3.8, 4) is 11.5 Å². The molecular weight excluding hydrogens is 1240 g/mol. The van der Waals surface area contributed by atoms with Crippen molar-refractivity contribution in [1.29, 1.82) is 0 Å². The van der Waals surface area contributed by atoms with E-state index in [4.69, 9.17) is 112 Å². The zero-order chi connectivity index (χ0) is 52.1. The Morgan fingerprint density at radius 2 is 0.614 bits per heavy atom. The quantitative estimate of drug-likeness (QED) is 0.0242. The van der Waals surface area contributed by atoms with Gasteiger partial charge in [-0.1, -0.05) is 117 Å². The highest BCUT2D eigenvalue weighted by Gasteiger charge is 2.50. The fourth-order valence-electron chi connectivity index (χ4n) is 6.97. The second kappa shape index (κ2) is 24.9. The van der Waals surface area contributed by atoms with Crippen molar-refractivity contribution in [3.63, 3.8) is 0 Å². The molecule has 0 aliphatic carbocycles. The van der Waals surface area contributed by atoms with E-state index >= 15 is 35.1 Å². The number of benzene rings is 6. The van der Waals surface area contributed by atoms with Gasteiger partial charge in [0.25, 0.3) is 0 Å². The van der Waals surface area contributed by atoms with Gasteiger partial charge in [0.15, 0.2) is 58.0 Å². The number of rotatable bonds is 16. The van der Waals surface area contributed by atoms with Crippen LogP contribution in [0.4, 0.5) is 52.7 Å². The van der Waals surface area contributed by atoms with Crippen LogP contribution in [0.2, 0.25) is 40.2 Å². The summed E-state index contributed by atoms with van der Waals surface area (Å²) in [6, 6.07) is 16.5. The van der Waals surface area contributed by atoms with Crippen LogP contribution in [-0.4, -0.2) is 45.8 Å². The maximum atomic E-state index is 16.0. The van der Waals surface area contributed by atoms with Crippen molar-refractivity contribution >= 4 is 121 Å². The van der Waals surface area contributed by atoms with Gasteiger partial charge in [-0.25, -0.2) is 52.7 Å². The summed E-state index contributed by atoms with van der Waals surface area (Å²) in [5.41, 5.74) is -8.47. The second-order valence-corrected chi connectivity index (χ2v) is 19.7. The maximum Gasteiger partial charge on any atom is 0.366 e. The molecule has 0 aliphatic rings. The Labute approximate surface area is 441 Å². The molecule has 6 rings (SSSR count). The highest BCUT2D eigenvalue weighted by Crippen LogP contribution is 2.40. The lowest BCUT2D eigenvalue weighted by Crippen LogP contribution is -3.61. The van der Waals surface area contributed by atoms with E-state index < -0.39 is 159 Å². The van der Waals surface area contributed by atoms with Crippen LogP contribution in [0.3, 0.4) is 0 Å². The molecule has 26 heteroatoms. The fraction of sp³-hybridized carbons (Fsp3) is 0.182. The third-order valence-corrected chi connectivity index (χ3v) is 16.3. The zero-order valence-electron chi connectivity index (χ0n) is 35.0. The third kappa shape index (κ3) is 11.1. The van der Waals surface area contributed by atoms with Gasteiger partial charge in [0.2, 0.25) is 7.14 Å². The van der Waals surface area contributed by atoms with E-state index in [0.717, 1.165) is 11.5 Å². The van der Waals surface area contributed by atoms with Gasteiger partial charge in [0.05, 0.1) is 33.3 Å². The third-order valence-electron chi connectivity index (χ3n) is 9.96. The Bertz CT molecular complexity index is 2510. The predicted octanol–water partition coefficient (Wildman–Crippen LogP) is 10.6. The maximum absolute atomic E-state index is 16.0. The molecule has 0 fully saturated rings. The molecule has 0 radical (unpaired) electrons. The minimum absolute atomic E-state index is 0.398.